The Morgan fingerprint density at radius 2 is 1.71 bits per heavy atom. The predicted molar refractivity (Wildman–Crippen MR) is 174 cm³/mol. The third-order valence-corrected chi connectivity index (χ3v) is 7.89. The van der Waals surface area contributed by atoms with Crippen molar-refractivity contribution in [1.29, 1.82) is 0 Å². The van der Waals surface area contributed by atoms with Crippen molar-refractivity contribution in [1.82, 2.24) is 20.9 Å². The number of hydrogen-bond donors (Lipinski definition) is 3. The van der Waals surface area contributed by atoms with Crippen molar-refractivity contribution in [2.75, 3.05) is 19.6 Å². The number of likely N-dealkylation sites (tertiary alicyclic amines) is 1. The van der Waals surface area contributed by atoms with Gasteiger partial charge in [-0.1, -0.05) is 98.7 Å². The number of amides is 3. The number of nitrogens with zero attached hydrogens (tertiary/aromatic N) is 1. The summed E-state index contributed by atoms with van der Waals surface area (Å²) in [6.07, 6.45) is 2.49. The van der Waals surface area contributed by atoms with Crippen molar-refractivity contribution >= 4 is 44.4 Å². The minimum absolute atomic E-state index is 0. The molecule has 3 N–H and O–H groups in total. The fourth-order valence-corrected chi connectivity index (χ4v) is 5.67. The zero-order valence-corrected chi connectivity index (χ0v) is 25.8. The molecule has 226 valence electrons. The van der Waals surface area contributed by atoms with Gasteiger partial charge in [0.1, 0.15) is 12.1 Å². The number of carbonyl (C=O) groups is 3. The second-order valence-electron chi connectivity index (χ2n) is 11.8. The molecule has 0 saturated carbocycles. The number of rotatable bonds is 11. The van der Waals surface area contributed by atoms with Crippen LogP contribution in [-0.4, -0.2) is 54.3 Å². The van der Waals surface area contributed by atoms with Crippen LogP contribution in [0.5, 0.6) is 0 Å². The molecule has 1 saturated heterocycles. The van der Waals surface area contributed by atoms with Gasteiger partial charge in [-0.25, -0.2) is 0 Å². The standard InChI is InChI=1S/C33H41BrN4O3.CH4/c1-33(2,3)32(41)38-18-7-13-29(38)31(40)37-28(21-23-14-15-25-10-4-5-11-26(25)19-23)30(39)36-17-8-16-35-22-24-9-6-12-27(34)20-24;/h4-6,9-12,14-15,19-20,28-29,35H,7-8,13,16-18,21-22H2,1-3H3,(H,36,39)(H,37,40);1H4/t28-,29?;/m1./s1. The molecule has 42 heavy (non-hydrogen) atoms. The summed E-state index contributed by atoms with van der Waals surface area (Å²) in [5.41, 5.74) is 1.58. The normalized spacial score (nSPS) is 15.6. The smallest absolute Gasteiger partial charge is 0.243 e. The number of benzene rings is 3. The van der Waals surface area contributed by atoms with E-state index in [1.807, 2.05) is 63.2 Å². The van der Waals surface area contributed by atoms with Crippen molar-refractivity contribution in [2.45, 2.75) is 72.5 Å². The highest BCUT2D eigenvalue weighted by atomic mass is 79.9. The molecule has 3 amide bonds. The van der Waals surface area contributed by atoms with E-state index in [1.165, 1.54) is 5.56 Å². The van der Waals surface area contributed by atoms with Gasteiger partial charge in [-0.2, -0.15) is 0 Å². The van der Waals surface area contributed by atoms with Gasteiger partial charge in [-0.05, 0) is 59.8 Å². The fourth-order valence-electron chi connectivity index (χ4n) is 5.22. The molecule has 7 nitrogen and oxygen atoms in total. The number of fused-ring (bicyclic) bond motifs is 1. The quantitative estimate of drug-likeness (QED) is 0.239. The maximum absolute atomic E-state index is 13.5. The van der Waals surface area contributed by atoms with E-state index in [2.05, 4.69) is 56.1 Å². The Hall–Kier alpha value is -3.23. The average Bonchev–Trinajstić information content (AvgIpc) is 3.43. The molecule has 3 aromatic rings. The minimum Gasteiger partial charge on any atom is -0.354 e. The first kappa shape index (κ1) is 33.3. The Balaban J connectivity index is 0.00000484. The van der Waals surface area contributed by atoms with Crippen LogP contribution in [0.3, 0.4) is 0 Å². The lowest BCUT2D eigenvalue weighted by Gasteiger charge is -2.31. The molecule has 0 radical (unpaired) electrons. The molecule has 8 heteroatoms. The Kier molecular flexibility index (Phi) is 12.1. The Bertz CT molecular complexity index is 1370. The third-order valence-electron chi connectivity index (χ3n) is 7.39. The lowest BCUT2D eigenvalue weighted by molar-refractivity contribution is -0.145. The van der Waals surface area contributed by atoms with Crippen molar-refractivity contribution in [2.24, 2.45) is 5.41 Å². The first-order valence-electron chi connectivity index (χ1n) is 14.4. The fraction of sp³-hybridized carbons (Fsp3) is 0.441. The lowest BCUT2D eigenvalue weighted by Crippen LogP contribution is -2.55. The first-order chi connectivity index (χ1) is 19.6. The van der Waals surface area contributed by atoms with Crippen LogP contribution in [0.2, 0.25) is 0 Å². The summed E-state index contributed by atoms with van der Waals surface area (Å²) in [4.78, 5) is 41.6. The topological polar surface area (TPSA) is 90.5 Å². The van der Waals surface area contributed by atoms with E-state index in [1.54, 1.807) is 4.90 Å². The summed E-state index contributed by atoms with van der Waals surface area (Å²) >= 11 is 3.49. The Labute approximate surface area is 259 Å². The first-order valence-corrected chi connectivity index (χ1v) is 15.2. The molecule has 1 aliphatic heterocycles. The zero-order valence-electron chi connectivity index (χ0n) is 24.2. The number of hydrogen-bond acceptors (Lipinski definition) is 4. The van der Waals surface area contributed by atoms with Crippen molar-refractivity contribution < 1.29 is 14.4 Å². The molecule has 0 bridgehead atoms. The molecular formula is C34H45BrN4O3. The maximum Gasteiger partial charge on any atom is 0.243 e. The van der Waals surface area contributed by atoms with Gasteiger partial charge >= 0.3 is 0 Å². The van der Waals surface area contributed by atoms with Gasteiger partial charge in [0.2, 0.25) is 17.7 Å². The summed E-state index contributed by atoms with van der Waals surface area (Å²) in [6.45, 7) is 8.15. The van der Waals surface area contributed by atoms with E-state index in [-0.39, 0.29) is 25.1 Å². The van der Waals surface area contributed by atoms with E-state index < -0.39 is 17.5 Å². The average molecular weight is 638 g/mol. The van der Waals surface area contributed by atoms with Crippen molar-refractivity contribution in [3.8, 4) is 0 Å². The minimum atomic E-state index is -0.745. The summed E-state index contributed by atoms with van der Waals surface area (Å²) in [5, 5.41) is 11.6. The molecule has 0 spiro atoms. The predicted octanol–water partition coefficient (Wildman–Crippen LogP) is 5.60. The van der Waals surface area contributed by atoms with Crippen LogP contribution >= 0.6 is 15.9 Å². The van der Waals surface area contributed by atoms with Crippen LogP contribution in [-0.2, 0) is 27.3 Å². The molecule has 1 unspecified atom stereocenters. The number of carbonyl (C=O) groups excluding carboxylic acids is 3. The molecule has 0 aromatic heterocycles. The molecule has 2 atom stereocenters. The van der Waals surface area contributed by atoms with Gasteiger partial charge in [-0.3, -0.25) is 14.4 Å². The van der Waals surface area contributed by atoms with E-state index in [0.717, 1.165) is 46.7 Å². The van der Waals surface area contributed by atoms with E-state index in [9.17, 15) is 14.4 Å². The van der Waals surface area contributed by atoms with E-state index in [4.69, 9.17) is 0 Å². The molecule has 4 rings (SSSR count). The monoisotopic (exact) mass is 636 g/mol. The second-order valence-corrected chi connectivity index (χ2v) is 12.7. The van der Waals surface area contributed by atoms with Gasteiger partial charge < -0.3 is 20.9 Å². The zero-order chi connectivity index (χ0) is 29.4. The van der Waals surface area contributed by atoms with Crippen LogP contribution in [0.25, 0.3) is 10.8 Å². The van der Waals surface area contributed by atoms with Crippen LogP contribution in [0, 0.1) is 5.41 Å². The number of nitrogens with one attached hydrogen (secondary N) is 3. The lowest BCUT2D eigenvalue weighted by atomic mass is 9.94. The van der Waals surface area contributed by atoms with Crippen molar-refractivity contribution in [3.05, 3.63) is 82.3 Å². The van der Waals surface area contributed by atoms with Gasteiger partial charge in [0.25, 0.3) is 0 Å². The summed E-state index contributed by atoms with van der Waals surface area (Å²) in [6, 6.07) is 21.1. The van der Waals surface area contributed by atoms with E-state index >= 15 is 0 Å². The Morgan fingerprint density at radius 3 is 2.45 bits per heavy atom. The Morgan fingerprint density at radius 1 is 0.952 bits per heavy atom. The molecule has 1 aliphatic rings. The second kappa shape index (κ2) is 15.3. The molecule has 1 fully saturated rings. The van der Waals surface area contributed by atoms with Gasteiger partial charge in [0, 0.05) is 35.9 Å². The van der Waals surface area contributed by atoms with Gasteiger partial charge in [0.05, 0.1) is 0 Å². The highest BCUT2D eigenvalue weighted by Gasteiger charge is 2.39. The summed E-state index contributed by atoms with van der Waals surface area (Å²) < 4.78 is 1.05. The molecular weight excluding hydrogens is 592 g/mol. The molecule has 0 aliphatic carbocycles. The summed E-state index contributed by atoms with van der Waals surface area (Å²) in [5.74, 6) is -0.525. The van der Waals surface area contributed by atoms with Crippen LogP contribution in [0.4, 0.5) is 0 Å². The largest absolute Gasteiger partial charge is 0.354 e. The van der Waals surface area contributed by atoms with Crippen LogP contribution in [0.15, 0.2) is 71.2 Å². The van der Waals surface area contributed by atoms with Gasteiger partial charge in [-0.15, -0.1) is 0 Å². The van der Waals surface area contributed by atoms with Gasteiger partial charge in [0.15, 0.2) is 0 Å². The SMILES string of the molecule is C.CC(C)(C)C(=O)N1CCCC1C(=O)N[C@H](Cc1ccc2ccccc2c1)C(=O)NCCCNCc1cccc(Br)c1. The number of halogens is 1. The van der Waals surface area contributed by atoms with E-state index in [0.29, 0.717) is 25.9 Å². The highest BCUT2D eigenvalue weighted by molar-refractivity contribution is 9.10. The molecule has 1 heterocycles. The third kappa shape index (κ3) is 9.13. The highest BCUT2D eigenvalue weighted by Crippen LogP contribution is 2.26. The van der Waals surface area contributed by atoms with Crippen LogP contribution < -0.4 is 16.0 Å². The molecule has 3 aromatic carbocycles. The van der Waals surface area contributed by atoms with Crippen molar-refractivity contribution in [3.63, 3.8) is 0 Å². The summed E-state index contributed by atoms with van der Waals surface area (Å²) in [7, 11) is 0. The maximum atomic E-state index is 13.5. The van der Waals surface area contributed by atoms with Crippen LogP contribution in [0.1, 0.15) is 58.6 Å².